The molecule has 1 heterocycles. The second-order valence-electron chi connectivity index (χ2n) is 4.07. The highest BCUT2D eigenvalue weighted by Crippen LogP contribution is 2.21. The topological polar surface area (TPSA) is 66.5 Å². The van der Waals surface area contributed by atoms with Crippen LogP contribution < -0.4 is 5.43 Å². The zero-order valence-electron chi connectivity index (χ0n) is 10.6. The van der Waals surface area contributed by atoms with Gasteiger partial charge in [0.05, 0.1) is 13.3 Å². The fourth-order valence-electron chi connectivity index (χ4n) is 1.82. The summed E-state index contributed by atoms with van der Waals surface area (Å²) in [6.45, 7) is 4.00. The zero-order valence-corrected chi connectivity index (χ0v) is 10.6. The molecule has 1 aromatic heterocycles. The van der Waals surface area contributed by atoms with Crippen molar-refractivity contribution < 1.29 is 9.53 Å². The maximum Gasteiger partial charge on any atom is 0.427 e. The average Bonchev–Trinajstić information content (AvgIpc) is 2.65. The van der Waals surface area contributed by atoms with Crippen molar-refractivity contribution in [2.45, 2.75) is 13.8 Å². The molecule has 2 rings (SSSR count). The minimum absolute atomic E-state index is 0.583. The third kappa shape index (κ3) is 2.34. The molecule has 1 amide bonds. The Hall–Kier alpha value is -2.30. The van der Waals surface area contributed by atoms with Gasteiger partial charge in [-0.05, 0) is 26.0 Å². The molecule has 0 unspecified atom stereocenters. The number of nitrogens with one attached hydrogen (secondary N) is 2. The monoisotopic (exact) mass is 245 g/mol. The predicted molar refractivity (Wildman–Crippen MR) is 70.9 cm³/mol. The van der Waals surface area contributed by atoms with E-state index in [9.17, 15) is 4.79 Å². The van der Waals surface area contributed by atoms with Crippen LogP contribution >= 0.6 is 0 Å². The Morgan fingerprint density at radius 2 is 2.22 bits per heavy atom. The third-order valence-corrected chi connectivity index (χ3v) is 2.73. The molecule has 94 valence electrons. The van der Waals surface area contributed by atoms with E-state index in [1.807, 2.05) is 26.0 Å². The summed E-state index contributed by atoms with van der Waals surface area (Å²) < 4.78 is 4.43. The van der Waals surface area contributed by atoms with Crippen LogP contribution in [0.2, 0.25) is 0 Å². The highest BCUT2D eigenvalue weighted by atomic mass is 16.5. The van der Waals surface area contributed by atoms with E-state index in [2.05, 4.69) is 26.3 Å². The largest absolute Gasteiger partial charge is 0.452 e. The van der Waals surface area contributed by atoms with Crippen LogP contribution in [0.25, 0.3) is 10.9 Å². The van der Waals surface area contributed by atoms with Crippen LogP contribution in [0.5, 0.6) is 0 Å². The van der Waals surface area contributed by atoms with Crippen molar-refractivity contribution in [3.05, 3.63) is 35.0 Å². The molecule has 18 heavy (non-hydrogen) atoms. The summed E-state index contributed by atoms with van der Waals surface area (Å²) in [7, 11) is 1.30. The Kier molecular flexibility index (Phi) is 3.32. The molecule has 2 N–H and O–H groups in total. The van der Waals surface area contributed by atoms with Gasteiger partial charge in [0.2, 0.25) is 0 Å². The summed E-state index contributed by atoms with van der Waals surface area (Å²) in [5.41, 5.74) is 6.47. The number of nitrogens with zero attached hydrogens (tertiary/aromatic N) is 1. The maximum atomic E-state index is 10.9. The molecule has 5 heteroatoms. The number of hydrogen-bond acceptors (Lipinski definition) is 3. The molecule has 2 aromatic rings. The van der Waals surface area contributed by atoms with E-state index >= 15 is 0 Å². The lowest BCUT2D eigenvalue weighted by atomic mass is 10.1. The molecular weight excluding hydrogens is 230 g/mol. The number of carbonyl (C=O) groups is 1. The molecule has 0 aliphatic carbocycles. The van der Waals surface area contributed by atoms with Crippen molar-refractivity contribution in [2.24, 2.45) is 5.10 Å². The van der Waals surface area contributed by atoms with Crippen LogP contribution in [0.4, 0.5) is 4.79 Å². The van der Waals surface area contributed by atoms with E-state index in [0.717, 1.165) is 22.2 Å². The zero-order chi connectivity index (χ0) is 13.1. The SMILES string of the molecule is COC(=O)NN=Cc1c(C)[nH]c2ccc(C)cc12. The molecule has 0 spiro atoms. The van der Waals surface area contributed by atoms with Crippen molar-refractivity contribution in [3.63, 3.8) is 0 Å². The summed E-state index contributed by atoms with van der Waals surface area (Å²) in [5, 5.41) is 4.94. The first-order chi connectivity index (χ1) is 8.61. The smallest absolute Gasteiger partial charge is 0.427 e. The van der Waals surface area contributed by atoms with Gasteiger partial charge >= 0.3 is 6.09 Å². The van der Waals surface area contributed by atoms with Gasteiger partial charge in [0.15, 0.2) is 0 Å². The van der Waals surface area contributed by atoms with Gasteiger partial charge in [-0.2, -0.15) is 5.10 Å². The summed E-state index contributed by atoms with van der Waals surface area (Å²) in [6.07, 6.45) is 1.03. The molecule has 0 bridgehead atoms. The predicted octanol–water partition coefficient (Wildman–Crippen LogP) is 2.47. The average molecular weight is 245 g/mol. The van der Waals surface area contributed by atoms with Crippen LogP contribution in [0.3, 0.4) is 0 Å². The molecule has 5 nitrogen and oxygen atoms in total. The molecular formula is C13H15N3O2. The molecule has 0 saturated heterocycles. The van der Waals surface area contributed by atoms with Crippen molar-refractivity contribution in [3.8, 4) is 0 Å². The van der Waals surface area contributed by atoms with Gasteiger partial charge in [-0.15, -0.1) is 0 Å². The lowest BCUT2D eigenvalue weighted by molar-refractivity contribution is 0.171. The van der Waals surface area contributed by atoms with Crippen molar-refractivity contribution >= 4 is 23.2 Å². The lowest BCUT2D eigenvalue weighted by Crippen LogP contribution is -2.16. The second kappa shape index (κ2) is 4.91. The number of amides is 1. The van der Waals surface area contributed by atoms with Gasteiger partial charge in [-0.1, -0.05) is 11.6 Å². The molecule has 0 aliphatic heterocycles. The van der Waals surface area contributed by atoms with E-state index in [4.69, 9.17) is 0 Å². The Balaban J connectivity index is 2.35. The molecule has 0 fully saturated rings. The summed E-state index contributed by atoms with van der Waals surface area (Å²) >= 11 is 0. The molecule has 0 radical (unpaired) electrons. The number of benzene rings is 1. The minimum atomic E-state index is -0.583. The van der Waals surface area contributed by atoms with E-state index in [1.165, 1.54) is 12.7 Å². The number of ether oxygens (including phenoxy) is 1. The van der Waals surface area contributed by atoms with Gasteiger partial charge in [0.25, 0.3) is 0 Å². The number of fused-ring (bicyclic) bond motifs is 1. The summed E-state index contributed by atoms with van der Waals surface area (Å²) in [5.74, 6) is 0. The van der Waals surface area contributed by atoms with Crippen LogP contribution in [0.1, 0.15) is 16.8 Å². The number of hydrogen-bond donors (Lipinski definition) is 2. The molecule has 1 aromatic carbocycles. The Morgan fingerprint density at radius 3 is 2.94 bits per heavy atom. The van der Waals surface area contributed by atoms with Gasteiger partial charge in [-0.3, -0.25) is 0 Å². The van der Waals surface area contributed by atoms with Gasteiger partial charge in [0, 0.05) is 22.2 Å². The van der Waals surface area contributed by atoms with Gasteiger partial charge in [-0.25, -0.2) is 10.2 Å². The van der Waals surface area contributed by atoms with Crippen LogP contribution in [0.15, 0.2) is 23.3 Å². The number of methoxy groups -OCH3 is 1. The summed E-state index contributed by atoms with van der Waals surface area (Å²) in [6, 6.07) is 6.16. The Labute approximate surface area is 105 Å². The highest BCUT2D eigenvalue weighted by molar-refractivity contribution is 6.01. The normalized spacial score (nSPS) is 11.1. The fraction of sp³-hybridized carbons (Fsp3) is 0.231. The molecule has 0 saturated carbocycles. The van der Waals surface area contributed by atoms with Gasteiger partial charge < -0.3 is 9.72 Å². The number of aryl methyl sites for hydroxylation is 2. The Morgan fingerprint density at radius 1 is 1.44 bits per heavy atom. The first-order valence-electron chi connectivity index (χ1n) is 5.58. The van der Waals surface area contributed by atoms with Crippen molar-refractivity contribution in [2.75, 3.05) is 7.11 Å². The first-order valence-corrected chi connectivity index (χ1v) is 5.58. The Bertz CT molecular complexity index is 614. The quantitative estimate of drug-likeness (QED) is 0.630. The van der Waals surface area contributed by atoms with Crippen LogP contribution in [-0.2, 0) is 4.74 Å². The molecule has 0 atom stereocenters. The van der Waals surface area contributed by atoms with Crippen LogP contribution in [-0.4, -0.2) is 24.4 Å². The number of carbonyl (C=O) groups excluding carboxylic acids is 1. The minimum Gasteiger partial charge on any atom is -0.452 e. The maximum absolute atomic E-state index is 10.9. The third-order valence-electron chi connectivity index (χ3n) is 2.73. The van der Waals surface area contributed by atoms with Gasteiger partial charge in [0.1, 0.15) is 0 Å². The first kappa shape index (κ1) is 12.2. The number of hydrazone groups is 1. The van der Waals surface area contributed by atoms with E-state index in [1.54, 1.807) is 6.21 Å². The molecule has 0 aliphatic rings. The highest BCUT2D eigenvalue weighted by Gasteiger charge is 2.06. The number of aromatic nitrogens is 1. The summed E-state index contributed by atoms with van der Waals surface area (Å²) in [4.78, 5) is 14.2. The van der Waals surface area contributed by atoms with E-state index in [0.29, 0.717) is 0 Å². The standard InChI is InChI=1S/C13H15N3O2/c1-8-4-5-12-10(6-8)11(9(2)15-12)7-14-16-13(17)18-3/h4-7,15H,1-3H3,(H,16,17). The number of aromatic amines is 1. The second-order valence-corrected chi connectivity index (χ2v) is 4.07. The number of rotatable bonds is 2. The van der Waals surface area contributed by atoms with Crippen LogP contribution in [0, 0.1) is 13.8 Å². The van der Waals surface area contributed by atoms with Crippen molar-refractivity contribution in [1.82, 2.24) is 10.4 Å². The lowest BCUT2D eigenvalue weighted by Gasteiger charge is -1.97. The van der Waals surface area contributed by atoms with E-state index in [-0.39, 0.29) is 0 Å². The van der Waals surface area contributed by atoms with E-state index < -0.39 is 6.09 Å². The number of H-pyrrole nitrogens is 1. The van der Waals surface area contributed by atoms with Crippen molar-refractivity contribution in [1.29, 1.82) is 0 Å². The fourth-order valence-corrected chi connectivity index (χ4v) is 1.82.